The molecule has 2 heterocycles. The Balaban J connectivity index is 0.00000341. The van der Waals surface area contributed by atoms with Gasteiger partial charge in [0.2, 0.25) is 0 Å². The summed E-state index contributed by atoms with van der Waals surface area (Å²) < 4.78 is 16.6. The van der Waals surface area contributed by atoms with Crippen molar-refractivity contribution in [3.05, 3.63) is 35.4 Å². The number of halogens is 1. The van der Waals surface area contributed by atoms with E-state index in [1.165, 1.54) is 11.1 Å². The Morgan fingerprint density at radius 1 is 1.19 bits per heavy atom. The molecule has 0 amide bonds. The molecule has 0 radical (unpaired) electrons. The first-order chi connectivity index (χ1) is 14.7. The molecule has 3 rings (SSSR count). The summed E-state index contributed by atoms with van der Waals surface area (Å²) in [6.07, 6.45) is 4.12. The van der Waals surface area contributed by atoms with Gasteiger partial charge < -0.3 is 24.4 Å². The van der Waals surface area contributed by atoms with E-state index in [2.05, 4.69) is 39.5 Å². The topological polar surface area (TPSA) is 72.4 Å². The molecule has 1 aromatic rings. The molecule has 31 heavy (non-hydrogen) atoms. The molecule has 2 aliphatic heterocycles. The van der Waals surface area contributed by atoms with Crippen LogP contribution in [-0.4, -0.2) is 62.9 Å². The minimum absolute atomic E-state index is 0. The molecule has 0 bridgehead atoms. The molecule has 1 unspecified atom stereocenters. The lowest BCUT2D eigenvalue weighted by Gasteiger charge is -2.34. The smallest absolute Gasteiger partial charge is 0.310 e. The standard InChI is InChI=1S/C23H35N3O4.HI/c1-3-29-22(27)20-5-4-12-26(16-20)23(24-2)25-15-18-6-8-19(9-7-18)17-30-21-10-13-28-14-11-21;/h6-9,20-21H,3-5,10-17H2,1-2H3,(H,24,25);1H. The van der Waals surface area contributed by atoms with E-state index in [1.54, 1.807) is 7.05 Å². The summed E-state index contributed by atoms with van der Waals surface area (Å²) in [6.45, 7) is 6.76. The van der Waals surface area contributed by atoms with Gasteiger partial charge in [0.25, 0.3) is 0 Å². The van der Waals surface area contributed by atoms with Crippen molar-refractivity contribution < 1.29 is 19.0 Å². The minimum Gasteiger partial charge on any atom is -0.466 e. The summed E-state index contributed by atoms with van der Waals surface area (Å²) in [6, 6.07) is 8.49. The highest BCUT2D eigenvalue weighted by atomic mass is 127. The van der Waals surface area contributed by atoms with E-state index in [4.69, 9.17) is 14.2 Å². The predicted octanol–water partition coefficient (Wildman–Crippen LogP) is 3.35. The van der Waals surface area contributed by atoms with Crippen LogP contribution in [0.1, 0.15) is 43.7 Å². The van der Waals surface area contributed by atoms with Crippen molar-refractivity contribution in [1.29, 1.82) is 0 Å². The van der Waals surface area contributed by atoms with Gasteiger partial charge in [-0.15, -0.1) is 24.0 Å². The van der Waals surface area contributed by atoms with Crippen LogP contribution in [0.3, 0.4) is 0 Å². The van der Waals surface area contributed by atoms with Gasteiger partial charge in [0.1, 0.15) is 0 Å². The van der Waals surface area contributed by atoms with E-state index in [0.717, 1.165) is 51.4 Å². The Kier molecular flexibility index (Phi) is 11.6. The summed E-state index contributed by atoms with van der Waals surface area (Å²) in [5, 5.41) is 3.43. The lowest BCUT2D eigenvalue weighted by Crippen LogP contribution is -2.48. The van der Waals surface area contributed by atoms with Gasteiger partial charge in [-0.3, -0.25) is 9.79 Å². The van der Waals surface area contributed by atoms with Crippen LogP contribution in [0, 0.1) is 5.92 Å². The Morgan fingerprint density at radius 3 is 2.58 bits per heavy atom. The van der Waals surface area contributed by atoms with E-state index in [9.17, 15) is 4.79 Å². The van der Waals surface area contributed by atoms with Gasteiger partial charge in [-0.2, -0.15) is 0 Å². The molecule has 1 atom stereocenters. The maximum atomic E-state index is 12.1. The van der Waals surface area contributed by atoms with Crippen LogP contribution in [0.25, 0.3) is 0 Å². The Morgan fingerprint density at radius 2 is 1.90 bits per heavy atom. The van der Waals surface area contributed by atoms with E-state index in [-0.39, 0.29) is 35.9 Å². The summed E-state index contributed by atoms with van der Waals surface area (Å²) >= 11 is 0. The zero-order valence-electron chi connectivity index (χ0n) is 18.7. The zero-order chi connectivity index (χ0) is 21.2. The van der Waals surface area contributed by atoms with Crippen molar-refractivity contribution >= 4 is 35.9 Å². The van der Waals surface area contributed by atoms with Crippen LogP contribution in [0.2, 0.25) is 0 Å². The van der Waals surface area contributed by atoms with Crippen LogP contribution in [0.5, 0.6) is 0 Å². The van der Waals surface area contributed by atoms with Crippen LogP contribution in [0.15, 0.2) is 29.3 Å². The summed E-state index contributed by atoms with van der Waals surface area (Å²) in [7, 11) is 1.78. The van der Waals surface area contributed by atoms with Crippen molar-refractivity contribution in [3.63, 3.8) is 0 Å². The number of guanidine groups is 1. The normalized spacial score (nSPS) is 20.1. The maximum absolute atomic E-state index is 12.1. The van der Waals surface area contributed by atoms with E-state index < -0.39 is 0 Å². The summed E-state index contributed by atoms with van der Waals surface area (Å²) in [4.78, 5) is 18.7. The number of rotatable bonds is 7. The van der Waals surface area contributed by atoms with Gasteiger partial charge >= 0.3 is 5.97 Å². The largest absolute Gasteiger partial charge is 0.466 e. The summed E-state index contributed by atoms with van der Waals surface area (Å²) in [5.41, 5.74) is 2.37. The lowest BCUT2D eigenvalue weighted by molar-refractivity contribution is -0.149. The lowest BCUT2D eigenvalue weighted by atomic mass is 9.98. The number of ether oxygens (including phenoxy) is 3. The Hall–Kier alpha value is -1.39. The average Bonchev–Trinajstić information content (AvgIpc) is 2.80. The van der Waals surface area contributed by atoms with Crippen molar-refractivity contribution in [2.24, 2.45) is 10.9 Å². The van der Waals surface area contributed by atoms with E-state index in [1.807, 2.05) is 6.92 Å². The highest BCUT2D eigenvalue weighted by Gasteiger charge is 2.28. The Bertz CT molecular complexity index is 693. The third-order valence-electron chi connectivity index (χ3n) is 5.68. The van der Waals surface area contributed by atoms with Crippen LogP contribution >= 0.6 is 24.0 Å². The molecule has 0 aromatic heterocycles. The quantitative estimate of drug-likeness (QED) is 0.245. The number of nitrogens with one attached hydrogen (secondary N) is 1. The van der Waals surface area contributed by atoms with Gasteiger partial charge in [0, 0.05) is 39.9 Å². The highest BCUT2D eigenvalue weighted by molar-refractivity contribution is 14.0. The van der Waals surface area contributed by atoms with Gasteiger partial charge in [-0.05, 0) is 43.7 Å². The van der Waals surface area contributed by atoms with Gasteiger partial charge in [0.15, 0.2) is 5.96 Å². The van der Waals surface area contributed by atoms with E-state index >= 15 is 0 Å². The number of piperidine rings is 1. The monoisotopic (exact) mass is 545 g/mol. The number of carbonyl (C=O) groups excluding carboxylic acids is 1. The van der Waals surface area contributed by atoms with Crippen molar-refractivity contribution in [1.82, 2.24) is 10.2 Å². The first-order valence-corrected chi connectivity index (χ1v) is 11.1. The average molecular weight is 545 g/mol. The first kappa shape index (κ1) is 25.9. The van der Waals surface area contributed by atoms with Gasteiger partial charge in [0.05, 0.1) is 25.2 Å². The minimum atomic E-state index is -0.101. The molecule has 174 valence electrons. The number of carbonyl (C=O) groups is 1. The fraction of sp³-hybridized carbons (Fsp3) is 0.652. The molecule has 2 aliphatic rings. The van der Waals surface area contributed by atoms with Crippen LogP contribution in [-0.2, 0) is 32.2 Å². The second kappa shape index (κ2) is 13.9. The molecular weight excluding hydrogens is 509 g/mol. The Labute approximate surface area is 202 Å². The van der Waals surface area contributed by atoms with Crippen LogP contribution < -0.4 is 5.32 Å². The number of aliphatic imine (C=N–C) groups is 1. The molecule has 8 heteroatoms. The number of hydrogen-bond donors (Lipinski definition) is 1. The van der Waals surface area contributed by atoms with Crippen LogP contribution in [0.4, 0.5) is 0 Å². The van der Waals surface area contributed by atoms with Crippen molar-refractivity contribution in [2.75, 3.05) is 40.0 Å². The molecule has 1 aromatic carbocycles. The molecule has 0 spiro atoms. The third kappa shape index (κ3) is 8.23. The molecule has 7 nitrogen and oxygen atoms in total. The molecule has 2 fully saturated rings. The van der Waals surface area contributed by atoms with Crippen molar-refractivity contribution in [2.45, 2.75) is 51.9 Å². The molecule has 2 saturated heterocycles. The second-order valence-electron chi connectivity index (χ2n) is 7.88. The zero-order valence-corrected chi connectivity index (χ0v) is 21.0. The molecular formula is C23H36IN3O4. The molecule has 0 saturated carbocycles. The SMILES string of the molecule is CCOC(=O)C1CCCN(C(=NC)NCc2ccc(COC3CCOCC3)cc2)C1.I. The highest BCUT2D eigenvalue weighted by Crippen LogP contribution is 2.18. The predicted molar refractivity (Wildman–Crippen MR) is 132 cm³/mol. The number of likely N-dealkylation sites (tertiary alicyclic amines) is 1. The second-order valence-corrected chi connectivity index (χ2v) is 7.88. The number of esters is 1. The maximum Gasteiger partial charge on any atom is 0.310 e. The molecule has 1 N–H and O–H groups in total. The number of nitrogens with zero attached hydrogens (tertiary/aromatic N) is 2. The number of benzene rings is 1. The first-order valence-electron chi connectivity index (χ1n) is 11.1. The molecule has 0 aliphatic carbocycles. The van der Waals surface area contributed by atoms with E-state index in [0.29, 0.717) is 32.4 Å². The fourth-order valence-corrected chi connectivity index (χ4v) is 3.95. The summed E-state index contributed by atoms with van der Waals surface area (Å²) in [5.74, 6) is 0.652. The van der Waals surface area contributed by atoms with Crippen molar-refractivity contribution in [3.8, 4) is 0 Å². The number of hydrogen-bond acceptors (Lipinski definition) is 5. The van der Waals surface area contributed by atoms with Gasteiger partial charge in [-0.25, -0.2) is 0 Å². The van der Waals surface area contributed by atoms with Gasteiger partial charge in [-0.1, -0.05) is 24.3 Å². The third-order valence-corrected chi connectivity index (χ3v) is 5.68. The fourth-order valence-electron chi connectivity index (χ4n) is 3.95.